The molecule has 2 N–H and O–H groups in total. The van der Waals surface area contributed by atoms with E-state index in [1.54, 1.807) is 0 Å². The molecule has 1 aliphatic heterocycles. The summed E-state index contributed by atoms with van der Waals surface area (Å²) in [6, 6.07) is 0. The summed E-state index contributed by atoms with van der Waals surface area (Å²) in [7, 11) is 2.14. The second kappa shape index (κ2) is 7.59. The number of likely N-dealkylation sites (tertiary alicyclic amines) is 1. The van der Waals surface area contributed by atoms with Gasteiger partial charge in [-0.2, -0.15) is 0 Å². The SMILES string of the molecule is CN1CCC(CCNC(=O)[C@@H]2CC=CC[C@@H]2C(=O)O)CC1. The lowest BCUT2D eigenvalue weighted by molar-refractivity contribution is -0.147. The molecule has 0 bridgehead atoms. The molecule has 118 valence electrons. The third-order valence-electron chi connectivity index (χ3n) is 4.78. The predicted molar refractivity (Wildman–Crippen MR) is 80.8 cm³/mol. The minimum atomic E-state index is -0.866. The van der Waals surface area contributed by atoms with Gasteiger partial charge in [-0.05, 0) is 58.2 Å². The van der Waals surface area contributed by atoms with Crippen molar-refractivity contribution in [3.8, 4) is 0 Å². The first kappa shape index (κ1) is 16.0. The molecule has 0 saturated carbocycles. The number of aliphatic carboxylic acids is 1. The van der Waals surface area contributed by atoms with Gasteiger partial charge in [-0.25, -0.2) is 0 Å². The molecule has 2 rings (SSSR count). The molecule has 2 atom stereocenters. The molecule has 1 amide bonds. The van der Waals surface area contributed by atoms with Gasteiger partial charge in [-0.1, -0.05) is 12.2 Å². The molecule has 0 radical (unpaired) electrons. The van der Waals surface area contributed by atoms with E-state index in [0.717, 1.165) is 19.5 Å². The molecule has 1 saturated heterocycles. The van der Waals surface area contributed by atoms with E-state index in [1.807, 2.05) is 12.2 Å². The van der Waals surface area contributed by atoms with Gasteiger partial charge in [0.2, 0.25) is 5.91 Å². The van der Waals surface area contributed by atoms with Crippen molar-refractivity contribution in [1.82, 2.24) is 10.2 Å². The molecule has 1 aliphatic carbocycles. The highest BCUT2D eigenvalue weighted by Crippen LogP contribution is 2.26. The zero-order valence-electron chi connectivity index (χ0n) is 12.8. The van der Waals surface area contributed by atoms with Crippen LogP contribution in [-0.4, -0.2) is 48.6 Å². The molecule has 0 aromatic carbocycles. The van der Waals surface area contributed by atoms with Crippen molar-refractivity contribution < 1.29 is 14.7 Å². The normalized spacial score (nSPS) is 27.5. The number of carbonyl (C=O) groups is 2. The Kier molecular flexibility index (Phi) is 5.79. The maximum absolute atomic E-state index is 12.2. The van der Waals surface area contributed by atoms with Crippen LogP contribution in [0.5, 0.6) is 0 Å². The number of rotatable bonds is 5. The number of carboxylic acid groups (broad SMARTS) is 1. The van der Waals surface area contributed by atoms with E-state index in [1.165, 1.54) is 12.8 Å². The predicted octanol–water partition coefficient (Wildman–Crippen LogP) is 1.50. The van der Waals surface area contributed by atoms with Crippen molar-refractivity contribution in [2.45, 2.75) is 32.1 Å². The summed E-state index contributed by atoms with van der Waals surface area (Å²) in [4.78, 5) is 25.7. The van der Waals surface area contributed by atoms with Crippen LogP contribution in [0.1, 0.15) is 32.1 Å². The van der Waals surface area contributed by atoms with Gasteiger partial charge in [-0.15, -0.1) is 0 Å². The molecule has 0 aromatic heterocycles. The van der Waals surface area contributed by atoms with Gasteiger partial charge < -0.3 is 15.3 Å². The number of hydrogen-bond acceptors (Lipinski definition) is 3. The highest BCUT2D eigenvalue weighted by Gasteiger charge is 2.33. The zero-order valence-corrected chi connectivity index (χ0v) is 12.8. The molecule has 2 aliphatic rings. The van der Waals surface area contributed by atoms with Crippen LogP contribution in [0.3, 0.4) is 0 Å². The molecule has 1 heterocycles. The highest BCUT2D eigenvalue weighted by molar-refractivity contribution is 5.85. The first-order valence-electron chi connectivity index (χ1n) is 7.92. The van der Waals surface area contributed by atoms with E-state index in [4.69, 9.17) is 0 Å². The average Bonchev–Trinajstić information content (AvgIpc) is 2.49. The van der Waals surface area contributed by atoms with Gasteiger partial charge in [0.1, 0.15) is 0 Å². The first-order chi connectivity index (χ1) is 10.1. The Balaban J connectivity index is 1.73. The largest absolute Gasteiger partial charge is 0.481 e. The highest BCUT2D eigenvalue weighted by atomic mass is 16.4. The molecule has 1 fully saturated rings. The molecule has 5 heteroatoms. The molecular formula is C16H26N2O3. The van der Waals surface area contributed by atoms with Crippen molar-refractivity contribution in [2.24, 2.45) is 17.8 Å². The van der Waals surface area contributed by atoms with Crippen LogP contribution in [0.25, 0.3) is 0 Å². The number of nitrogens with zero attached hydrogens (tertiary/aromatic N) is 1. The smallest absolute Gasteiger partial charge is 0.307 e. The quantitative estimate of drug-likeness (QED) is 0.754. The Morgan fingerprint density at radius 3 is 2.43 bits per heavy atom. The fourth-order valence-corrected chi connectivity index (χ4v) is 3.26. The van der Waals surface area contributed by atoms with Crippen LogP contribution in [-0.2, 0) is 9.59 Å². The monoisotopic (exact) mass is 294 g/mol. The lowest BCUT2D eigenvalue weighted by Crippen LogP contribution is -2.40. The fourth-order valence-electron chi connectivity index (χ4n) is 3.26. The first-order valence-corrected chi connectivity index (χ1v) is 7.92. The Bertz CT molecular complexity index is 400. The van der Waals surface area contributed by atoms with Gasteiger partial charge in [0.25, 0.3) is 0 Å². The van der Waals surface area contributed by atoms with E-state index in [2.05, 4.69) is 17.3 Å². The Morgan fingerprint density at radius 1 is 1.19 bits per heavy atom. The molecule has 21 heavy (non-hydrogen) atoms. The third-order valence-corrected chi connectivity index (χ3v) is 4.78. The summed E-state index contributed by atoms with van der Waals surface area (Å²) in [5.41, 5.74) is 0. The van der Waals surface area contributed by atoms with Crippen LogP contribution in [0.15, 0.2) is 12.2 Å². The van der Waals surface area contributed by atoms with Gasteiger partial charge in [0, 0.05) is 6.54 Å². The topological polar surface area (TPSA) is 69.6 Å². The number of hydrogen-bond donors (Lipinski definition) is 2. The van der Waals surface area contributed by atoms with Crippen LogP contribution < -0.4 is 5.32 Å². The van der Waals surface area contributed by atoms with Gasteiger partial charge >= 0.3 is 5.97 Å². The van der Waals surface area contributed by atoms with E-state index >= 15 is 0 Å². The van der Waals surface area contributed by atoms with Crippen molar-refractivity contribution in [3.05, 3.63) is 12.2 Å². The third kappa shape index (κ3) is 4.56. The summed E-state index contributed by atoms with van der Waals surface area (Å²) in [5.74, 6) is -1.26. The number of nitrogens with one attached hydrogen (secondary N) is 1. The molecule has 5 nitrogen and oxygen atoms in total. The van der Waals surface area contributed by atoms with Crippen LogP contribution >= 0.6 is 0 Å². The van der Waals surface area contributed by atoms with E-state index in [9.17, 15) is 14.7 Å². The second-order valence-electron chi connectivity index (χ2n) is 6.32. The van der Waals surface area contributed by atoms with E-state index in [-0.39, 0.29) is 5.91 Å². The van der Waals surface area contributed by atoms with Crippen molar-refractivity contribution >= 4 is 11.9 Å². The summed E-state index contributed by atoms with van der Waals surface area (Å²) >= 11 is 0. The Morgan fingerprint density at radius 2 is 1.81 bits per heavy atom. The molecule has 0 unspecified atom stereocenters. The zero-order chi connectivity index (χ0) is 15.2. The van der Waals surface area contributed by atoms with Gasteiger partial charge in [0.15, 0.2) is 0 Å². The van der Waals surface area contributed by atoms with Gasteiger partial charge in [0.05, 0.1) is 11.8 Å². The lowest BCUT2D eigenvalue weighted by atomic mass is 9.82. The van der Waals surface area contributed by atoms with Crippen LogP contribution in [0.2, 0.25) is 0 Å². The number of amides is 1. The summed E-state index contributed by atoms with van der Waals surface area (Å²) < 4.78 is 0. The number of allylic oxidation sites excluding steroid dienone is 2. The summed E-state index contributed by atoms with van der Waals surface area (Å²) in [6.07, 6.45) is 8.16. The van der Waals surface area contributed by atoms with Crippen LogP contribution in [0, 0.1) is 17.8 Å². The fraction of sp³-hybridized carbons (Fsp3) is 0.750. The minimum Gasteiger partial charge on any atom is -0.481 e. The molecule has 0 spiro atoms. The van der Waals surface area contributed by atoms with Crippen molar-refractivity contribution in [2.75, 3.05) is 26.7 Å². The number of carbonyl (C=O) groups excluding carboxylic acids is 1. The molecular weight excluding hydrogens is 268 g/mol. The summed E-state index contributed by atoms with van der Waals surface area (Å²) in [5, 5.41) is 12.1. The van der Waals surface area contributed by atoms with E-state index in [0.29, 0.717) is 25.3 Å². The van der Waals surface area contributed by atoms with Gasteiger partial charge in [-0.3, -0.25) is 9.59 Å². The van der Waals surface area contributed by atoms with Crippen molar-refractivity contribution in [3.63, 3.8) is 0 Å². The minimum absolute atomic E-state index is 0.0975. The average molecular weight is 294 g/mol. The van der Waals surface area contributed by atoms with Crippen LogP contribution in [0.4, 0.5) is 0 Å². The maximum atomic E-state index is 12.2. The standard InChI is InChI=1S/C16H26N2O3/c1-18-10-7-12(8-11-18)6-9-17-15(19)13-4-2-3-5-14(13)16(20)21/h2-3,12-14H,4-11H2,1H3,(H,17,19)(H,20,21)/t13-,14+/m1/s1. The lowest BCUT2D eigenvalue weighted by Gasteiger charge is -2.29. The number of piperidine rings is 1. The molecule has 0 aromatic rings. The Hall–Kier alpha value is -1.36. The second-order valence-corrected chi connectivity index (χ2v) is 6.32. The maximum Gasteiger partial charge on any atom is 0.307 e. The number of carboxylic acids is 1. The van der Waals surface area contributed by atoms with Crippen molar-refractivity contribution in [1.29, 1.82) is 0 Å². The summed E-state index contributed by atoms with van der Waals surface area (Å²) in [6.45, 7) is 2.93. The Labute approximate surface area is 126 Å². The van der Waals surface area contributed by atoms with E-state index < -0.39 is 17.8 Å².